The fraction of sp³-hybridized carbons (Fsp3) is 0.0833. The Bertz CT molecular complexity index is 705. The average molecular weight is 360 g/mol. The van der Waals surface area contributed by atoms with Gasteiger partial charge in [-0.2, -0.15) is 0 Å². The molecule has 2 aromatic heterocycles. The van der Waals surface area contributed by atoms with Gasteiger partial charge in [0.1, 0.15) is 4.83 Å². The van der Waals surface area contributed by atoms with Crippen LogP contribution in [-0.4, -0.2) is 4.98 Å². The minimum Gasteiger partial charge on any atom is -0.244 e. The maximum absolute atomic E-state index is 6.36. The van der Waals surface area contributed by atoms with Crippen LogP contribution in [0, 0.1) is 10.5 Å². The lowest BCUT2D eigenvalue weighted by Crippen LogP contribution is -1.79. The van der Waals surface area contributed by atoms with E-state index in [1.54, 1.807) is 11.3 Å². The lowest BCUT2D eigenvalue weighted by atomic mass is 10.1. The number of rotatable bonds is 0. The Morgan fingerprint density at radius 2 is 2.19 bits per heavy atom. The summed E-state index contributed by atoms with van der Waals surface area (Å²) >= 11 is 10.3. The second kappa shape index (κ2) is 3.82. The Hall–Kier alpha value is -0.390. The quantitative estimate of drug-likeness (QED) is 0.514. The number of fused-ring (bicyclic) bond motifs is 3. The zero-order valence-electron chi connectivity index (χ0n) is 8.42. The molecule has 1 nitrogen and oxygen atoms in total. The van der Waals surface area contributed by atoms with Crippen LogP contribution in [0.1, 0.15) is 5.56 Å². The topological polar surface area (TPSA) is 12.9 Å². The van der Waals surface area contributed by atoms with Crippen LogP contribution in [0.4, 0.5) is 0 Å². The Balaban J connectivity index is 2.60. The van der Waals surface area contributed by atoms with Gasteiger partial charge in [-0.05, 0) is 41.6 Å². The van der Waals surface area contributed by atoms with Gasteiger partial charge in [0, 0.05) is 21.7 Å². The minimum atomic E-state index is 0.822. The van der Waals surface area contributed by atoms with Crippen molar-refractivity contribution in [2.24, 2.45) is 0 Å². The number of hydrogen-bond donors (Lipinski definition) is 0. The second-order valence-corrected chi connectivity index (χ2v) is 6.27. The van der Waals surface area contributed by atoms with E-state index < -0.39 is 0 Å². The molecule has 1 aromatic carbocycles. The number of nitrogens with zero attached hydrogens (tertiary/aromatic N) is 1. The normalized spacial score (nSPS) is 11.4. The van der Waals surface area contributed by atoms with Crippen molar-refractivity contribution >= 4 is 65.8 Å². The van der Waals surface area contributed by atoms with Crippen LogP contribution in [0.5, 0.6) is 0 Å². The minimum absolute atomic E-state index is 0.822. The molecule has 0 aliphatic heterocycles. The molecule has 4 heteroatoms. The first-order chi connectivity index (χ1) is 7.66. The van der Waals surface area contributed by atoms with Crippen molar-refractivity contribution in [1.82, 2.24) is 4.98 Å². The largest absolute Gasteiger partial charge is 0.244 e. The maximum atomic E-state index is 6.36. The van der Waals surface area contributed by atoms with E-state index in [-0.39, 0.29) is 0 Å². The molecule has 0 atom stereocenters. The molecule has 0 amide bonds. The smallest absolute Gasteiger partial charge is 0.126 e. The average Bonchev–Trinajstić information content (AvgIpc) is 2.62. The SMILES string of the molecule is Cc1ccc2sc3ncc(I)c(Cl)c3c2c1. The first-order valence-corrected chi connectivity index (χ1v) is 7.07. The highest BCUT2D eigenvalue weighted by Crippen LogP contribution is 2.38. The molecule has 3 aromatic rings. The highest BCUT2D eigenvalue weighted by atomic mass is 127. The monoisotopic (exact) mass is 359 g/mol. The molecule has 16 heavy (non-hydrogen) atoms. The summed E-state index contributed by atoms with van der Waals surface area (Å²) in [5.41, 5.74) is 1.25. The molecule has 0 saturated carbocycles. The number of thiophene rings is 1. The molecule has 0 aliphatic carbocycles. The standard InChI is InChI=1S/C12H7ClINS/c1-6-2-3-9-7(4-6)10-11(13)8(14)5-15-12(10)16-9/h2-5H,1H3. The van der Waals surface area contributed by atoms with E-state index in [0.717, 1.165) is 18.8 Å². The van der Waals surface area contributed by atoms with Crippen LogP contribution in [-0.2, 0) is 0 Å². The lowest BCUT2D eigenvalue weighted by Gasteiger charge is -1.98. The van der Waals surface area contributed by atoms with Crippen molar-refractivity contribution in [1.29, 1.82) is 0 Å². The van der Waals surface area contributed by atoms with Crippen LogP contribution in [0.2, 0.25) is 5.02 Å². The van der Waals surface area contributed by atoms with E-state index in [2.05, 4.69) is 52.7 Å². The molecule has 0 unspecified atom stereocenters. The van der Waals surface area contributed by atoms with Crippen molar-refractivity contribution in [2.75, 3.05) is 0 Å². The van der Waals surface area contributed by atoms with Crippen molar-refractivity contribution in [3.63, 3.8) is 0 Å². The van der Waals surface area contributed by atoms with E-state index in [0.29, 0.717) is 0 Å². The highest BCUT2D eigenvalue weighted by molar-refractivity contribution is 14.1. The molecule has 0 aliphatic rings. The van der Waals surface area contributed by atoms with Crippen LogP contribution >= 0.6 is 45.5 Å². The third kappa shape index (κ3) is 1.53. The molecule has 0 fully saturated rings. The van der Waals surface area contributed by atoms with Gasteiger partial charge in [0.05, 0.1) is 8.59 Å². The number of aromatic nitrogens is 1. The van der Waals surface area contributed by atoms with Gasteiger partial charge in [-0.15, -0.1) is 11.3 Å². The zero-order chi connectivity index (χ0) is 11.3. The molecule has 80 valence electrons. The van der Waals surface area contributed by atoms with Gasteiger partial charge in [0.2, 0.25) is 0 Å². The Morgan fingerprint density at radius 1 is 1.38 bits per heavy atom. The van der Waals surface area contributed by atoms with Gasteiger partial charge in [-0.1, -0.05) is 23.2 Å². The molecule has 0 radical (unpaired) electrons. The van der Waals surface area contributed by atoms with Crippen molar-refractivity contribution in [3.05, 3.63) is 38.6 Å². The summed E-state index contributed by atoms with van der Waals surface area (Å²) in [7, 11) is 0. The van der Waals surface area contributed by atoms with E-state index in [1.165, 1.54) is 15.6 Å². The molecule has 2 heterocycles. The van der Waals surface area contributed by atoms with Crippen LogP contribution in [0.25, 0.3) is 20.3 Å². The van der Waals surface area contributed by atoms with Crippen molar-refractivity contribution in [3.8, 4) is 0 Å². The molecular formula is C12H7ClINS. The van der Waals surface area contributed by atoms with E-state index in [4.69, 9.17) is 11.6 Å². The molecule has 3 rings (SSSR count). The van der Waals surface area contributed by atoms with Crippen LogP contribution in [0.3, 0.4) is 0 Å². The Labute approximate surface area is 116 Å². The molecule has 0 spiro atoms. The van der Waals surface area contributed by atoms with Gasteiger partial charge >= 0.3 is 0 Å². The van der Waals surface area contributed by atoms with Crippen LogP contribution < -0.4 is 0 Å². The third-order valence-corrected chi connectivity index (χ3v) is 5.16. The predicted octanol–water partition coefficient (Wildman–Crippen LogP) is 5.02. The zero-order valence-corrected chi connectivity index (χ0v) is 12.2. The number of benzene rings is 1. The summed E-state index contributed by atoms with van der Waals surface area (Å²) in [6.07, 6.45) is 1.83. The first-order valence-electron chi connectivity index (χ1n) is 4.79. The highest BCUT2D eigenvalue weighted by Gasteiger charge is 2.11. The molecule has 0 bridgehead atoms. The summed E-state index contributed by atoms with van der Waals surface area (Å²) < 4.78 is 2.25. The lowest BCUT2D eigenvalue weighted by molar-refractivity contribution is 1.42. The second-order valence-electron chi connectivity index (χ2n) is 3.70. The van der Waals surface area contributed by atoms with E-state index in [9.17, 15) is 0 Å². The van der Waals surface area contributed by atoms with Gasteiger partial charge in [-0.3, -0.25) is 0 Å². The summed E-state index contributed by atoms with van der Waals surface area (Å²) in [5, 5.41) is 3.13. The van der Waals surface area contributed by atoms with Crippen molar-refractivity contribution in [2.45, 2.75) is 6.92 Å². The van der Waals surface area contributed by atoms with Gasteiger partial charge in [0.25, 0.3) is 0 Å². The molecule has 0 saturated heterocycles. The van der Waals surface area contributed by atoms with Gasteiger partial charge in [0.15, 0.2) is 0 Å². The van der Waals surface area contributed by atoms with E-state index in [1.807, 2.05) is 6.20 Å². The maximum Gasteiger partial charge on any atom is 0.126 e. The first kappa shape index (κ1) is 10.7. The van der Waals surface area contributed by atoms with Crippen molar-refractivity contribution < 1.29 is 0 Å². The Morgan fingerprint density at radius 3 is 3.00 bits per heavy atom. The van der Waals surface area contributed by atoms with E-state index >= 15 is 0 Å². The number of aryl methyl sites for hydroxylation is 1. The molecular weight excluding hydrogens is 353 g/mol. The summed E-state index contributed by atoms with van der Waals surface area (Å²) in [6, 6.07) is 6.44. The fourth-order valence-electron chi connectivity index (χ4n) is 1.79. The molecule has 0 N–H and O–H groups in total. The van der Waals surface area contributed by atoms with Gasteiger partial charge in [-0.25, -0.2) is 4.98 Å². The fourth-order valence-corrected chi connectivity index (χ4v) is 3.53. The van der Waals surface area contributed by atoms with Gasteiger partial charge < -0.3 is 0 Å². The predicted molar refractivity (Wildman–Crippen MR) is 79.6 cm³/mol. The number of hydrogen-bond acceptors (Lipinski definition) is 2. The summed E-state index contributed by atoms with van der Waals surface area (Å²) in [6.45, 7) is 2.10. The summed E-state index contributed by atoms with van der Waals surface area (Å²) in [4.78, 5) is 5.45. The third-order valence-electron chi connectivity index (χ3n) is 2.55. The Kier molecular flexibility index (Phi) is 2.57. The van der Waals surface area contributed by atoms with Crippen LogP contribution in [0.15, 0.2) is 24.4 Å². The number of halogens is 2. The summed E-state index contributed by atoms with van der Waals surface area (Å²) in [5.74, 6) is 0. The number of pyridine rings is 1.